The maximum Gasteiger partial charge on any atom is 0.317 e. The van der Waals surface area contributed by atoms with Gasteiger partial charge in [-0.05, 0) is 42.7 Å². The first kappa shape index (κ1) is 18.5. The molecule has 2 amide bonds. The van der Waals surface area contributed by atoms with Crippen molar-refractivity contribution in [2.24, 2.45) is 0 Å². The van der Waals surface area contributed by atoms with E-state index in [2.05, 4.69) is 16.3 Å². The summed E-state index contributed by atoms with van der Waals surface area (Å²) >= 11 is 6.20. The molecular formula is C20H23ClFN3O. The van der Waals surface area contributed by atoms with Crippen molar-refractivity contribution in [1.82, 2.24) is 10.2 Å². The number of halogens is 2. The zero-order valence-electron chi connectivity index (χ0n) is 14.8. The van der Waals surface area contributed by atoms with Crippen molar-refractivity contribution in [1.29, 1.82) is 0 Å². The van der Waals surface area contributed by atoms with Gasteiger partial charge in [-0.2, -0.15) is 0 Å². The van der Waals surface area contributed by atoms with Crippen molar-refractivity contribution >= 4 is 23.3 Å². The Morgan fingerprint density at radius 1 is 1.12 bits per heavy atom. The molecule has 0 aliphatic carbocycles. The molecule has 1 fully saturated rings. The number of hydrogen-bond acceptors (Lipinski definition) is 2. The number of urea groups is 1. The molecule has 1 aliphatic heterocycles. The van der Waals surface area contributed by atoms with E-state index in [1.165, 1.54) is 6.07 Å². The van der Waals surface area contributed by atoms with Crippen LogP contribution in [0.2, 0.25) is 5.02 Å². The van der Waals surface area contributed by atoms with Crippen molar-refractivity contribution in [2.75, 3.05) is 37.6 Å². The smallest absolute Gasteiger partial charge is 0.317 e. The van der Waals surface area contributed by atoms with Gasteiger partial charge in [-0.1, -0.05) is 35.9 Å². The fraction of sp³-hybridized carbons (Fsp3) is 0.350. The largest absolute Gasteiger partial charge is 0.368 e. The van der Waals surface area contributed by atoms with Crippen LogP contribution in [0.5, 0.6) is 0 Å². The van der Waals surface area contributed by atoms with Crippen molar-refractivity contribution in [2.45, 2.75) is 13.3 Å². The maximum atomic E-state index is 13.6. The van der Waals surface area contributed by atoms with Crippen LogP contribution in [0.3, 0.4) is 0 Å². The summed E-state index contributed by atoms with van der Waals surface area (Å²) in [6.45, 7) is 5.27. The van der Waals surface area contributed by atoms with E-state index < -0.39 is 0 Å². The third-order valence-corrected chi connectivity index (χ3v) is 5.18. The number of benzene rings is 2. The number of rotatable bonds is 4. The Kier molecular flexibility index (Phi) is 5.99. The Bertz CT molecular complexity index is 775. The van der Waals surface area contributed by atoms with Crippen LogP contribution in [0.15, 0.2) is 42.5 Å². The molecule has 26 heavy (non-hydrogen) atoms. The van der Waals surface area contributed by atoms with Gasteiger partial charge in [0.25, 0.3) is 0 Å². The Labute approximate surface area is 158 Å². The van der Waals surface area contributed by atoms with Gasteiger partial charge >= 0.3 is 6.03 Å². The lowest BCUT2D eigenvalue weighted by atomic mass is 10.1. The van der Waals surface area contributed by atoms with Gasteiger partial charge in [-0.25, -0.2) is 9.18 Å². The van der Waals surface area contributed by atoms with Crippen LogP contribution in [0.4, 0.5) is 14.9 Å². The fourth-order valence-electron chi connectivity index (χ4n) is 3.21. The van der Waals surface area contributed by atoms with E-state index in [9.17, 15) is 9.18 Å². The average Bonchev–Trinajstić information content (AvgIpc) is 2.65. The molecule has 3 rings (SSSR count). The van der Waals surface area contributed by atoms with Gasteiger partial charge in [0.05, 0.1) is 0 Å². The van der Waals surface area contributed by atoms with Gasteiger partial charge < -0.3 is 15.1 Å². The van der Waals surface area contributed by atoms with Gasteiger partial charge in [0.2, 0.25) is 0 Å². The molecule has 0 aromatic heterocycles. The number of carbonyl (C=O) groups excluding carboxylic acids is 1. The first-order valence-corrected chi connectivity index (χ1v) is 9.20. The summed E-state index contributed by atoms with van der Waals surface area (Å²) < 4.78 is 13.6. The number of carbonyl (C=O) groups is 1. The minimum atomic E-state index is -0.229. The summed E-state index contributed by atoms with van der Waals surface area (Å²) in [5.41, 5.74) is 2.81. The molecule has 0 bridgehead atoms. The highest BCUT2D eigenvalue weighted by Crippen LogP contribution is 2.27. The molecule has 2 aromatic carbocycles. The van der Waals surface area contributed by atoms with E-state index in [0.717, 1.165) is 29.4 Å². The van der Waals surface area contributed by atoms with Crippen LogP contribution in [0, 0.1) is 12.7 Å². The first-order chi connectivity index (χ1) is 12.6. The van der Waals surface area contributed by atoms with Gasteiger partial charge in [-0.3, -0.25) is 0 Å². The Balaban J connectivity index is 1.48. The lowest BCUT2D eigenvalue weighted by molar-refractivity contribution is 0.194. The lowest BCUT2D eigenvalue weighted by Gasteiger charge is -2.36. The fourth-order valence-corrected chi connectivity index (χ4v) is 3.38. The second kappa shape index (κ2) is 8.41. The summed E-state index contributed by atoms with van der Waals surface area (Å²) in [5.74, 6) is -0.229. The van der Waals surface area contributed by atoms with Crippen molar-refractivity contribution in [3.05, 3.63) is 64.4 Å². The van der Waals surface area contributed by atoms with E-state index >= 15 is 0 Å². The minimum absolute atomic E-state index is 0.0937. The highest BCUT2D eigenvalue weighted by molar-refractivity contribution is 6.31. The molecule has 1 saturated heterocycles. The summed E-state index contributed by atoms with van der Waals surface area (Å²) in [5, 5.41) is 3.64. The first-order valence-electron chi connectivity index (χ1n) is 8.82. The van der Waals surface area contributed by atoms with Gasteiger partial charge in [-0.15, -0.1) is 0 Å². The SMILES string of the molecule is Cc1c(Cl)cccc1N1CCN(C(=O)NCCc2ccccc2F)CC1. The standard InChI is InChI=1S/C20H23ClFN3O/c1-15-17(21)6-4-8-19(15)24-11-13-25(14-12-24)20(26)23-10-9-16-5-2-3-7-18(16)22/h2-8H,9-14H2,1H3,(H,23,26). The Morgan fingerprint density at radius 3 is 2.58 bits per heavy atom. The second-order valence-electron chi connectivity index (χ2n) is 6.43. The molecule has 0 radical (unpaired) electrons. The number of amides is 2. The van der Waals surface area contributed by atoms with Gasteiger partial charge in [0.15, 0.2) is 0 Å². The number of nitrogens with zero attached hydrogens (tertiary/aromatic N) is 2. The summed E-state index contributed by atoms with van der Waals surface area (Å²) in [6, 6.07) is 12.5. The molecule has 0 atom stereocenters. The lowest BCUT2D eigenvalue weighted by Crippen LogP contribution is -2.52. The third kappa shape index (κ3) is 4.28. The van der Waals surface area contributed by atoms with Crippen LogP contribution >= 0.6 is 11.6 Å². The summed E-state index contributed by atoms with van der Waals surface area (Å²) in [4.78, 5) is 16.4. The molecule has 2 aromatic rings. The third-order valence-electron chi connectivity index (χ3n) is 4.78. The molecule has 1 N–H and O–H groups in total. The van der Waals surface area contributed by atoms with E-state index in [1.54, 1.807) is 23.1 Å². The minimum Gasteiger partial charge on any atom is -0.368 e. The molecular weight excluding hydrogens is 353 g/mol. The molecule has 1 aliphatic rings. The van der Waals surface area contributed by atoms with Crippen LogP contribution < -0.4 is 10.2 Å². The Hall–Kier alpha value is -2.27. The molecule has 0 unspecified atom stereocenters. The van der Waals surface area contributed by atoms with Crippen molar-refractivity contribution in [3.63, 3.8) is 0 Å². The summed E-state index contributed by atoms with van der Waals surface area (Å²) in [7, 11) is 0. The molecule has 1 heterocycles. The van der Waals surface area contributed by atoms with Gasteiger partial charge in [0, 0.05) is 43.4 Å². The summed E-state index contributed by atoms with van der Waals surface area (Å²) in [6.07, 6.45) is 0.486. The maximum absolute atomic E-state index is 13.6. The van der Waals surface area contributed by atoms with E-state index in [-0.39, 0.29) is 11.8 Å². The van der Waals surface area contributed by atoms with Crippen molar-refractivity contribution in [3.8, 4) is 0 Å². The highest BCUT2D eigenvalue weighted by Gasteiger charge is 2.22. The zero-order valence-corrected chi connectivity index (χ0v) is 15.6. The van der Waals surface area contributed by atoms with E-state index in [1.807, 2.05) is 19.1 Å². The number of nitrogens with one attached hydrogen (secondary N) is 1. The Morgan fingerprint density at radius 2 is 1.85 bits per heavy atom. The molecule has 4 nitrogen and oxygen atoms in total. The molecule has 138 valence electrons. The van der Waals surface area contributed by atoms with Crippen LogP contribution in [-0.2, 0) is 6.42 Å². The normalized spacial score (nSPS) is 14.4. The second-order valence-corrected chi connectivity index (χ2v) is 6.84. The van der Waals surface area contributed by atoms with E-state index in [0.29, 0.717) is 31.6 Å². The van der Waals surface area contributed by atoms with E-state index in [4.69, 9.17) is 11.6 Å². The monoisotopic (exact) mass is 375 g/mol. The highest BCUT2D eigenvalue weighted by atomic mass is 35.5. The molecule has 0 spiro atoms. The average molecular weight is 376 g/mol. The topological polar surface area (TPSA) is 35.6 Å². The van der Waals surface area contributed by atoms with Crippen LogP contribution in [0.1, 0.15) is 11.1 Å². The predicted octanol–water partition coefficient (Wildman–Crippen LogP) is 3.86. The van der Waals surface area contributed by atoms with Gasteiger partial charge in [0.1, 0.15) is 5.82 Å². The van der Waals surface area contributed by atoms with Crippen LogP contribution in [0.25, 0.3) is 0 Å². The zero-order chi connectivity index (χ0) is 18.5. The number of hydrogen-bond donors (Lipinski definition) is 1. The van der Waals surface area contributed by atoms with Crippen molar-refractivity contribution < 1.29 is 9.18 Å². The molecule has 0 saturated carbocycles. The quantitative estimate of drug-likeness (QED) is 0.880. The molecule has 6 heteroatoms. The number of anilines is 1. The number of piperazine rings is 1. The predicted molar refractivity (Wildman–Crippen MR) is 103 cm³/mol. The van der Waals surface area contributed by atoms with Crippen LogP contribution in [-0.4, -0.2) is 43.7 Å².